The molecule has 1 amide bonds. The standard InChI is InChI=1S/C19H17N5O4/c1-12-9-14(13(2)23(12)15-3-6-17(25)7-4-15)10-21-22-19(26)18-8-5-16(11-20-18)24(27)28/h3-11,25H,1-2H3,(H,22,26). The van der Waals surface area contributed by atoms with Gasteiger partial charge in [-0.25, -0.2) is 10.4 Å². The summed E-state index contributed by atoms with van der Waals surface area (Å²) in [6, 6.07) is 11.2. The van der Waals surface area contributed by atoms with E-state index in [0.717, 1.165) is 28.8 Å². The molecule has 0 spiro atoms. The first kappa shape index (κ1) is 18.8. The Morgan fingerprint density at radius 2 is 1.96 bits per heavy atom. The van der Waals surface area contributed by atoms with Gasteiger partial charge < -0.3 is 9.67 Å². The summed E-state index contributed by atoms with van der Waals surface area (Å²) < 4.78 is 2.00. The SMILES string of the molecule is Cc1cc(C=NNC(=O)c2ccc([N+](=O)[O-])cn2)c(C)n1-c1ccc(O)cc1. The topological polar surface area (TPSA) is 123 Å². The van der Waals surface area contributed by atoms with Crippen LogP contribution in [0.5, 0.6) is 5.75 Å². The van der Waals surface area contributed by atoms with Gasteiger partial charge in [0.2, 0.25) is 0 Å². The second kappa shape index (κ2) is 7.70. The van der Waals surface area contributed by atoms with Crippen LogP contribution in [0.4, 0.5) is 5.69 Å². The number of phenols is 1. The van der Waals surface area contributed by atoms with Gasteiger partial charge in [-0.1, -0.05) is 0 Å². The summed E-state index contributed by atoms with van der Waals surface area (Å²) in [4.78, 5) is 25.8. The van der Waals surface area contributed by atoms with Crippen molar-refractivity contribution < 1.29 is 14.8 Å². The van der Waals surface area contributed by atoms with Crippen LogP contribution in [-0.4, -0.2) is 31.7 Å². The minimum Gasteiger partial charge on any atom is -0.508 e. The van der Waals surface area contributed by atoms with Crippen LogP contribution in [0.2, 0.25) is 0 Å². The largest absolute Gasteiger partial charge is 0.508 e. The molecule has 0 saturated heterocycles. The summed E-state index contributed by atoms with van der Waals surface area (Å²) in [7, 11) is 0. The number of nitro groups is 1. The molecule has 142 valence electrons. The second-order valence-electron chi connectivity index (χ2n) is 6.04. The van der Waals surface area contributed by atoms with Crippen molar-refractivity contribution in [3.8, 4) is 11.4 Å². The maximum absolute atomic E-state index is 12.0. The molecule has 9 nitrogen and oxygen atoms in total. The number of pyridine rings is 1. The predicted molar refractivity (Wildman–Crippen MR) is 103 cm³/mol. The van der Waals surface area contributed by atoms with Crippen molar-refractivity contribution in [2.24, 2.45) is 5.10 Å². The van der Waals surface area contributed by atoms with Crippen LogP contribution >= 0.6 is 0 Å². The van der Waals surface area contributed by atoms with Gasteiger partial charge in [0.1, 0.15) is 17.6 Å². The summed E-state index contributed by atoms with van der Waals surface area (Å²) in [5.74, 6) is -0.381. The minimum absolute atomic E-state index is 0.0253. The summed E-state index contributed by atoms with van der Waals surface area (Å²) in [6.07, 6.45) is 2.53. The Kier molecular flexibility index (Phi) is 5.16. The summed E-state index contributed by atoms with van der Waals surface area (Å²) in [5, 5.41) is 24.0. The van der Waals surface area contributed by atoms with E-state index in [9.17, 15) is 20.0 Å². The number of hydrazone groups is 1. The molecule has 0 bridgehead atoms. The van der Waals surface area contributed by atoms with Crippen LogP contribution in [-0.2, 0) is 0 Å². The molecule has 2 N–H and O–H groups in total. The Morgan fingerprint density at radius 3 is 2.57 bits per heavy atom. The van der Waals surface area contributed by atoms with E-state index in [1.54, 1.807) is 24.3 Å². The summed E-state index contributed by atoms with van der Waals surface area (Å²) in [6.45, 7) is 3.86. The number of carbonyl (C=O) groups is 1. The van der Waals surface area contributed by atoms with Gasteiger partial charge in [0.15, 0.2) is 0 Å². The molecule has 0 atom stereocenters. The Labute approximate surface area is 160 Å². The zero-order valence-electron chi connectivity index (χ0n) is 15.2. The predicted octanol–water partition coefficient (Wildman–Crippen LogP) is 2.87. The number of aryl methyl sites for hydroxylation is 1. The van der Waals surface area contributed by atoms with Crippen molar-refractivity contribution in [2.45, 2.75) is 13.8 Å². The van der Waals surface area contributed by atoms with E-state index < -0.39 is 10.8 Å². The lowest BCUT2D eigenvalue weighted by molar-refractivity contribution is -0.385. The lowest BCUT2D eigenvalue weighted by atomic mass is 10.2. The van der Waals surface area contributed by atoms with Crippen LogP contribution in [0.3, 0.4) is 0 Å². The van der Waals surface area contributed by atoms with E-state index in [2.05, 4.69) is 15.5 Å². The minimum atomic E-state index is -0.587. The average Bonchev–Trinajstić information content (AvgIpc) is 2.96. The number of aromatic hydroxyl groups is 1. The Bertz CT molecular complexity index is 1050. The fourth-order valence-corrected chi connectivity index (χ4v) is 2.76. The molecule has 0 fully saturated rings. The van der Waals surface area contributed by atoms with Gasteiger partial charge in [-0.3, -0.25) is 14.9 Å². The third-order valence-corrected chi connectivity index (χ3v) is 4.14. The Balaban J connectivity index is 1.74. The first-order valence-corrected chi connectivity index (χ1v) is 8.29. The van der Waals surface area contributed by atoms with Crippen molar-refractivity contribution in [3.05, 3.63) is 81.4 Å². The fourth-order valence-electron chi connectivity index (χ4n) is 2.76. The molecule has 28 heavy (non-hydrogen) atoms. The normalized spacial score (nSPS) is 10.9. The van der Waals surface area contributed by atoms with E-state index in [-0.39, 0.29) is 17.1 Å². The van der Waals surface area contributed by atoms with Crippen LogP contribution < -0.4 is 5.43 Å². The van der Waals surface area contributed by atoms with Crippen LogP contribution in [0.1, 0.15) is 27.4 Å². The van der Waals surface area contributed by atoms with Crippen LogP contribution in [0, 0.1) is 24.0 Å². The highest BCUT2D eigenvalue weighted by molar-refractivity contribution is 5.93. The summed E-state index contributed by atoms with van der Waals surface area (Å²) in [5.41, 5.74) is 5.77. The molecule has 0 saturated carbocycles. The molecule has 9 heteroatoms. The zero-order valence-corrected chi connectivity index (χ0v) is 15.2. The number of rotatable bonds is 5. The fraction of sp³-hybridized carbons (Fsp3) is 0.105. The van der Waals surface area contributed by atoms with Crippen molar-refractivity contribution in [1.82, 2.24) is 15.0 Å². The van der Waals surface area contributed by atoms with Gasteiger partial charge >= 0.3 is 0 Å². The number of aromatic nitrogens is 2. The number of carbonyl (C=O) groups excluding carboxylic acids is 1. The molecular formula is C19H17N5O4. The highest BCUT2D eigenvalue weighted by Gasteiger charge is 2.11. The van der Waals surface area contributed by atoms with E-state index in [4.69, 9.17) is 0 Å². The van der Waals surface area contributed by atoms with E-state index in [0.29, 0.717) is 0 Å². The molecule has 2 aromatic heterocycles. The van der Waals surface area contributed by atoms with E-state index >= 15 is 0 Å². The van der Waals surface area contributed by atoms with Crippen LogP contribution in [0.25, 0.3) is 5.69 Å². The smallest absolute Gasteiger partial charge is 0.289 e. The lowest BCUT2D eigenvalue weighted by Gasteiger charge is -2.09. The molecule has 3 aromatic rings. The van der Waals surface area contributed by atoms with Gasteiger partial charge in [-0.05, 0) is 50.2 Å². The molecule has 3 rings (SSSR count). The average molecular weight is 379 g/mol. The Hall–Kier alpha value is -4.01. The number of phenolic OH excluding ortho intramolecular Hbond substituents is 1. The van der Waals surface area contributed by atoms with Gasteiger partial charge in [0.05, 0.1) is 11.1 Å². The van der Waals surface area contributed by atoms with Crippen molar-refractivity contribution in [2.75, 3.05) is 0 Å². The lowest BCUT2D eigenvalue weighted by Crippen LogP contribution is -2.19. The summed E-state index contributed by atoms with van der Waals surface area (Å²) >= 11 is 0. The van der Waals surface area contributed by atoms with Crippen molar-refractivity contribution in [1.29, 1.82) is 0 Å². The first-order chi connectivity index (χ1) is 13.4. The number of hydrogen-bond donors (Lipinski definition) is 2. The number of hydrogen-bond acceptors (Lipinski definition) is 6. The maximum Gasteiger partial charge on any atom is 0.289 e. The maximum atomic E-state index is 12.0. The monoisotopic (exact) mass is 379 g/mol. The van der Waals surface area contributed by atoms with Crippen LogP contribution in [0.15, 0.2) is 53.8 Å². The highest BCUT2D eigenvalue weighted by Crippen LogP contribution is 2.21. The van der Waals surface area contributed by atoms with Gasteiger partial charge in [-0.15, -0.1) is 0 Å². The number of benzene rings is 1. The molecule has 0 aliphatic carbocycles. The first-order valence-electron chi connectivity index (χ1n) is 8.29. The van der Waals surface area contributed by atoms with E-state index in [1.807, 2.05) is 24.5 Å². The molecule has 0 aliphatic heterocycles. The second-order valence-corrected chi connectivity index (χ2v) is 6.04. The number of nitrogens with one attached hydrogen (secondary N) is 1. The Morgan fingerprint density at radius 1 is 1.25 bits per heavy atom. The number of nitrogens with zero attached hydrogens (tertiary/aromatic N) is 4. The molecule has 0 radical (unpaired) electrons. The third kappa shape index (κ3) is 3.88. The van der Waals surface area contributed by atoms with Gasteiger partial charge in [-0.2, -0.15) is 5.10 Å². The van der Waals surface area contributed by atoms with Gasteiger partial charge in [0.25, 0.3) is 11.6 Å². The quantitative estimate of drug-likeness (QED) is 0.401. The zero-order chi connectivity index (χ0) is 20.3. The molecule has 0 aliphatic rings. The molecule has 0 unspecified atom stereocenters. The molecular weight excluding hydrogens is 362 g/mol. The third-order valence-electron chi connectivity index (χ3n) is 4.14. The molecule has 2 heterocycles. The van der Waals surface area contributed by atoms with Crippen molar-refractivity contribution >= 4 is 17.8 Å². The number of amides is 1. The highest BCUT2D eigenvalue weighted by atomic mass is 16.6. The van der Waals surface area contributed by atoms with Crippen molar-refractivity contribution in [3.63, 3.8) is 0 Å². The molecule has 1 aromatic carbocycles. The van der Waals surface area contributed by atoms with E-state index in [1.165, 1.54) is 18.3 Å². The van der Waals surface area contributed by atoms with Gasteiger partial charge in [0, 0.05) is 28.7 Å².